The van der Waals surface area contributed by atoms with Gasteiger partial charge in [-0.15, -0.1) is 0 Å². The summed E-state index contributed by atoms with van der Waals surface area (Å²) in [5.41, 5.74) is 24.2. The van der Waals surface area contributed by atoms with Crippen LogP contribution >= 0.6 is 0 Å². The third-order valence-electron chi connectivity index (χ3n) is 9.16. The summed E-state index contributed by atoms with van der Waals surface area (Å²) in [4.78, 5) is 0. The minimum absolute atomic E-state index is 0.660. The first-order valence-corrected chi connectivity index (χ1v) is 17.6. The van der Waals surface area contributed by atoms with Crippen molar-refractivity contribution in [3.8, 4) is 39.4 Å². The first-order valence-electron chi connectivity index (χ1n) is 17.6. The molecular formula is C49H46N2. The molecular weight excluding hydrogens is 617 g/mol. The van der Waals surface area contributed by atoms with Crippen LogP contribution < -0.4 is 5.73 Å². The topological polar surface area (TPSA) is 49.8 Å². The second-order valence-electron chi connectivity index (χ2n) is 12.6. The highest BCUT2D eigenvalue weighted by molar-refractivity contribution is 5.89. The van der Waals surface area contributed by atoms with Crippen molar-refractivity contribution < 1.29 is 0 Å². The Morgan fingerprint density at radius 1 is 0.706 bits per heavy atom. The minimum Gasteiger partial charge on any atom is -0.398 e. The second kappa shape index (κ2) is 17.0. The molecule has 51 heavy (non-hydrogen) atoms. The molecule has 2 heteroatoms. The van der Waals surface area contributed by atoms with Crippen LogP contribution in [0.1, 0.15) is 55.0 Å². The van der Waals surface area contributed by atoms with Crippen molar-refractivity contribution in [2.45, 2.75) is 41.0 Å². The van der Waals surface area contributed by atoms with Gasteiger partial charge in [-0.25, -0.2) is 0 Å². The quantitative estimate of drug-likeness (QED) is 0.168. The maximum Gasteiger partial charge on any atom is 0.0991 e. The number of nitrogens with two attached hydrogens (primary N) is 1. The fraction of sp³-hybridized carbons (Fsp3) is 0.122. The summed E-state index contributed by atoms with van der Waals surface area (Å²) >= 11 is 0. The average Bonchev–Trinajstić information content (AvgIpc) is 3.18. The van der Waals surface area contributed by atoms with E-state index < -0.39 is 0 Å². The number of nitrogens with zero attached hydrogens (tertiary/aromatic N) is 1. The van der Waals surface area contributed by atoms with Gasteiger partial charge in [0.1, 0.15) is 0 Å². The molecule has 0 radical (unpaired) electrons. The van der Waals surface area contributed by atoms with E-state index in [9.17, 15) is 5.26 Å². The van der Waals surface area contributed by atoms with Gasteiger partial charge in [0.2, 0.25) is 0 Å². The SMILES string of the molecule is C=C(/C=C\C1=C(C)C/C(=C\C=C(/N)c2ccc(C)c(-c3c(C)cccc3-c3ccc(-c4cccc(C#N)c4)cc3)c2)C=C1)c1ccccc1.CC. The van der Waals surface area contributed by atoms with Crippen molar-refractivity contribution in [2.24, 2.45) is 5.73 Å². The van der Waals surface area contributed by atoms with Crippen molar-refractivity contribution >= 4 is 11.3 Å². The van der Waals surface area contributed by atoms with E-state index in [-0.39, 0.29) is 0 Å². The Morgan fingerprint density at radius 3 is 2.16 bits per heavy atom. The van der Waals surface area contributed by atoms with E-state index in [0.717, 1.165) is 45.5 Å². The lowest BCUT2D eigenvalue weighted by Gasteiger charge is -2.17. The van der Waals surface area contributed by atoms with E-state index in [2.05, 4.69) is 137 Å². The van der Waals surface area contributed by atoms with Gasteiger partial charge in [-0.05, 0) is 124 Å². The van der Waals surface area contributed by atoms with Crippen molar-refractivity contribution in [3.05, 3.63) is 203 Å². The fourth-order valence-corrected chi connectivity index (χ4v) is 6.30. The van der Waals surface area contributed by atoms with Crippen LogP contribution in [0.2, 0.25) is 0 Å². The van der Waals surface area contributed by atoms with Gasteiger partial charge in [-0.3, -0.25) is 0 Å². The average molecular weight is 663 g/mol. The molecule has 0 aliphatic heterocycles. The van der Waals surface area contributed by atoms with Crippen LogP contribution in [-0.2, 0) is 0 Å². The standard InChI is InChI=1S/C47H40N2.C2H6/c1-32(38-12-6-5-7-13-38)16-20-39-22-18-36(28-35(39)4)19-27-46(49)43-21-17-33(2)45(30-43)47-34(3)10-8-15-44(47)41-25-23-40(24-26-41)42-14-9-11-37(29-42)31-48;1-2/h5-27,29-30H,1,28,49H2,2-4H3;1-2H3/b20-16-,36-19-,46-27-;. The molecule has 0 saturated heterocycles. The van der Waals surface area contributed by atoms with Crippen LogP contribution in [0.15, 0.2) is 175 Å². The highest BCUT2D eigenvalue weighted by atomic mass is 14.6. The Kier molecular flexibility index (Phi) is 12.0. The van der Waals surface area contributed by atoms with Crippen molar-refractivity contribution in [3.63, 3.8) is 0 Å². The smallest absolute Gasteiger partial charge is 0.0991 e. The van der Waals surface area contributed by atoms with E-state index in [0.29, 0.717) is 5.56 Å². The number of nitriles is 1. The molecule has 2 N–H and O–H groups in total. The number of allylic oxidation sites excluding steroid dienone is 10. The molecule has 1 aliphatic carbocycles. The summed E-state index contributed by atoms with van der Waals surface area (Å²) in [6.07, 6.45) is 13.6. The van der Waals surface area contributed by atoms with Gasteiger partial charge in [0, 0.05) is 5.70 Å². The van der Waals surface area contributed by atoms with Crippen LogP contribution in [0.3, 0.4) is 0 Å². The van der Waals surface area contributed by atoms with E-state index >= 15 is 0 Å². The normalized spacial score (nSPS) is 13.6. The Balaban J connectivity index is 0.00000248. The van der Waals surface area contributed by atoms with Gasteiger partial charge in [-0.1, -0.05) is 153 Å². The number of hydrogen-bond donors (Lipinski definition) is 1. The number of aryl methyl sites for hydroxylation is 2. The highest BCUT2D eigenvalue weighted by Crippen LogP contribution is 2.38. The molecule has 0 fully saturated rings. The van der Waals surface area contributed by atoms with Crippen LogP contribution in [0.25, 0.3) is 44.7 Å². The van der Waals surface area contributed by atoms with Crippen LogP contribution in [0, 0.1) is 25.2 Å². The third-order valence-corrected chi connectivity index (χ3v) is 9.16. The summed E-state index contributed by atoms with van der Waals surface area (Å²) < 4.78 is 0. The van der Waals surface area contributed by atoms with E-state index in [1.807, 2.05) is 62.4 Å². The molecule has 252 valence electrons. The van der Waals surface area contributed by atoms with Gasteiger partial charge >= 0.3 is 0 Å². The largest absolute Gasteiger partial charge is 0.398 e. The molecule has 0 aromatic heterocycles. The minimum atomic E-state index is 0.660. The monoisotopic (exact) mass is 662 g/mol. The Bertz CT molecular complexity index is 2230. The molecule has 0 heterocycles. The lowest BCUT2D eigenvalue weighted by atomic mass is 9.87. The van der Waals surface area contributed by atoms with E-state index in [4.69, 9.17) is 5.73 Å². The summed E-state index contributed by atoms with van der Waals surface area (Å²) in [5, 5.41) is 9.34. The first-order chi connectivity index (χ1) is 24.8. The Labute approximate surface area is 304 Å². The molecule has 0 unspecified atom stereocenters. The number of hydrogen-bond acceptors (Lipinski definition) is 2. The fourth-order valence-electron chi connectivity index (χ4n) is 6.30. The van der Waals surface area contributed by atoms with Crippen LogP contribution in [0.4, 0.5) is 0 Å². The lowest BCUT2D eigenvalue weighted by molar-refractivity contribution is 1.11. The molecule has 1 aliphatic rings. The van der Waals surface area contributed by atoms with E-state index in [1.165, 1.54) is 44.5 Å². The predicted octanol–water partition coefficient (Wildman–Crippen LogP) is 13.0. The first kappa shape index (κ1) is 36.1. The van der Waals surface area contributed by atoms with E-state index in [1.54, 1.807) is 0 Å². The number of benzene rings is 5. The van der Waals surface area contributed by atoms with Gasteiger partial charge < -0.3 is 5.73 Å². The van der Waals surface area contributed by atoms with Crippen LogP contribution in [0.5, 0.6) is 0 Å². The third kappa shape index (κ3) is 8.71. The zero-order chi connectivity index (χ0) is 36.3. The molecule has 0 spiro atoms. The van der Waals surface area contributed by atoms with Gasteiger partial charge in [0.05, 0.1) is 11.6 Å². The zero-order valence-corrected chi connectivity index (χ0v) is 30.4. The van der Waals surface area contributed by atoms with Crippen molar-refractivity contribution in [1.82, 2.24) is 0 Å². The maximum atomic E-state index is 9.34. The van der Waals surface area contributed by atoms with Crippen LogP contribution in [-0.4, -0.2) is 0 Å². The number of rotatable bonds is 8. The summed E-state index contributed by atoms with van der Waals surface area (Å²) in [5.74, 6) is 0. The summed E-state index contributed by atoms with van der Waals surface area (Å²) in [6.45, 7) is 14.7. The van der Waals surface area contributed by atoms with Gasteiger partial charge in [0.15, 0.2) is 0 Å². The van der Waals surface area contributed by atoms with Crippen molar-refractivity contribution in [1.29, 1.82) is 5.26 Å². The molecule has 0 amide bonds. The van der Waals surface area contributed by atoms with Gasteiger partial charge in [-0.2, -0.15) is 5.26 Å². The summed E-state index contributed by atoms with van der Waals surface area (Å²) in [7, 11) is 0. The zero-order valence-electron chi connectivity index (χ0n) is 30.4. The molecule has 0 bridgehead atoms. The Morgan fingerprint density at radius 2 is 1.43 bits per heavy atom. The summed E-state index contributed by atoms with van der Waals surface area (Å²) in [6, 6.07) is 41.8. The molecule has 5 aromatic carbocycles. The Hall–Kier alpha value is -6.17. The van der Waals surface area contributed by atoms with Gasteiger partial charge in [0.25, 0.3) is 0 Å². The van der Waals surface area contributed by atoms with Crippen molar-refractivity contribution in [2.75, 3.05) is 0 Å². The molecule has 5 aromatic rings. The second-order valence-corrected chi connectivity index (χ2v) is 12.6. The molecule has 6 rings (SSSR count). The molecule has 0 saturated carbocycles. The maximum absolute atomic E-state index is 9.34. The molecule has 2 nitrogen and oxygen atoms in total. The highest BCUT2D eigenvalue weighted by Gasteiger charge is 2.14. The predicted molar refractivity (Wildman–Crippen MR) is 220 cm³/mol. The lowest BCUT2D eigenvalue weighted by Crippen LogP contribution is -1.99. The molecule has 0 atom stereocenters.